The highest BCUT2D eigenvalue weighted by Crippen LogP contribution is 2.45. The maximum Gasteiger partial charge on any atom is 0.472 e. The lowest BCUT2D eigenvalue weighted by Gasteiger charge is -2.21. The van der Waals surface area contributed by atoms with Crippen LogP contribution in [0.25, 0.3) is 0 Å². The van der Waals surface area contributed by atoms with E-state index in [9.17, 15) is 43.2 Å². The van der Waals surface area contributed by atoms with Crippen molar-refractivity contribution < 1.29 is 80.2 Å². The SMILES string of the molecule is CC(C)CCCCCCCCCCCCCC(=O)OC[C@H](COP(=O)(O)OCC(O)COP(=O)(O)OC[C@@H](COC(=O)CCCCCCCCCCC(C)C)OC(=O)CCCCCCCCCCCCC(C)C)OC(=O)CCCCCCCCCCC(C)C. The predicted octanol–water partition coefficient (Wildman–Crippen LogP) is 19.7. The Hall–Kier alpha value is -1.94. The van der Waals surface area contributed by atoms with Crippen LogP contribution in [0.4, 0.5) is 0 Å². The Labute approximate surface area is 543 Å². The third kappa shape index (κ3) is 64.6. The zero-order valence-electron chi connectivity index (χ0n) is 58.1. The van der Waals surface area contributed by atoms with Gasteiger partial charge < -0.3 is 33.8 Å². The van der Waals surface area contributed by atoms with Crippen LogP contribution in [-0.2, 0) is 65.4 Å². The van der Waals surface area contributed by atoms with Crippen LogP contribution >= 0.6 is 15.6 Å². The maximum absolute atomic E-state index is 13.0. The van der Waals surface area contributed by atoms with Crippen LogP contribution in [0.5, 0.6) is 0 Å². The fourth-order valence-corrected chi connectivity index (χ4v) is 12.1. The van der Waals surface area contributed by atoms with Crippen LogP contribution in [0, 0.1) is 23.7 Å². The highest BCUT2D eigenvalue weighted by atomic mass is 31.2. The molecule has 0 aliphatic carbocycles. The normalized spacial score (nSPS) is 14.3. The second-order valence-corrected chi connectivity index (χ2v) is 30.1. The third-order valence-corrected chi connectivity index (χ3v) is 18.0. The summed E-state index contributed by atoms with van der Waals surface area (Å²) in [6.07, 6.45) is 41.7. The monoisotopic (exact) mass is 1310 g/mol. The molecule has 0 aliphatic heterocycles. The largest absolute Gasteiger partial charge is 0.472 e. The molecule has 17 nitrogen and oxygen atoms in total. The van der Waals surface area contributed by atoms with E-state index in [-0.39, 0.29) is 25.7 Å². The summed E-state index contributed by atoms with van der Waals surface area (Å²) in [5.74, 6) is 0.837. The highest BCUT2D eigenvalue weighted by molar-refractivity contribution is 7.47. The van der Waals surface area contributed by atoms with Gasteiger partial charge in [-0.2, -0.15) is 0 Å². The van der Waals surface area contributed by atoms with E-state index in [0.29, 0.717) is 25.7 Å². The molecule has 0 fully saturated rings. The van der Waals surface area contributed by atoms with Gasteiger partial charge in [-0.05, 0) is 49.4 Å². The van der Waals surface area contributed by atoms with Gasteiger partial charge >= 0.3 is 39.5 Å². The molecular weight excluding hydrogens is 1170 g/mol. The maximum atomic E-state index is 13.0. The Bertz CT molecular complexity index is 1760. The van der Waals surface area contributed by atoms with Crippen molar-refractivity contribution in [1.82, 2.24) is 0 Å². The van der Waals surface area contributed by atoms with E-state index < -0.39 is 97.5 Å². The van der Waals surface area contributed by atoms with Gasteiger partial charge in [-0.1, -0.05) is 293 Å². The molecule has 5 atom stereocenters. The van der Waals surface area contributed by atoms with Gasteiger partial charge in [-0.3, -0.25) is 37.3 Å². The molecule has 0 saturated carbocycles. The number of ether oxygens (including phenoxy) is 4. The Morgan fingerprint density at radius 2 is 0.472 bits per heavy atom. The first-order valence-corrected chi connectivity index (χ1v) is 39.2. The summed E-state index contributed by atoms with van der Waals surface area (Å²) in [5.41, 5.74) is 0. The fourth-order valence-electron chi connectivity index (χ4n) is 10.5. The number of hydrogen-bond acceptors (Lipinski definition) is 15. The van der Waals surface area contributed by atoms with Crippen molar-refractivity contribution in [3.05, 3.63) is 0 Å². The molecule has 528 valence electrons. The van der Waals surface area contributed by atoms with Crippen molar-refractivity contribution in [2.75, 3.05) is 39.6 Å². The zero-order valence-corrected chi connectivity index (χ0v) is 59.8. The first-order chi connectivity index (χ1) is 42.6. The molecule has 0 saturated heterocycles. The minimum atomic E-state index is -4.95. The molecule has 89 heavy (non-hydrogen) atoms. The summed E-state index contributed by atoms with van der Waals surface area (Å²) in [5, 5.41) is 10.6. The van der Waals surface area contributed by atoms with Crippen LogP contribution in [0.15, 0.2) is 0 Å². The van der Waals surface area contributed by atoms with Crippen LogP contribution < -0.4 is 0 Å². The van der Waals surface area contributed by atoms with Crippen LogP contribution in [0.1, 0.15) is 344 Å². The summed E-state index contributed by atoms with van der Waals surface area (Å²) in [4.78, 5) is 72.5. The quantitative estimate of drug-likeness (QED) is 0.0222. The summed E-state index contributed by atoms with van der Waals surface area (Å²) in [6, 6.07) is 0. The number of carbonyl (C=O) groups excluding carboxylic acids is 4. The molecule has 19 heteroatoms. The number of phosphoric acid groups is 2. The lowest BCUT2D eigenvalue weighted by Crippen LogP contribution is -2.30. The number of rotatable bonds is 67. The van der Waals surface area contributed by atoms with E-state index in [4.69, 9.17) is 37.0 Å². The Morgan fingerprint density at radius 3 is 0.697 bits per heavy atom. The molecule has 0 aromatic carbocycles. The van der Waals surface area contributed by atoms with E-state index in [1.54, 1.807) is 0 Å². The molecule has 3 unspecified atom stereocenters. The highest BCUT2D eigenvalue weighted by Gasteiger charge is 2.30. The van der Waals surface area contributed by atoms with E-state index in [2.05, 4.69) is 55.4 Å². The number of aliphatic hydroxyl groups excluding tert-OH is 1. The van der Waals surface area contributed by atoms with Gasteiger partial charge in [0.25, 0.3) is 0 Å². The van der Waals surface area contributed by atoms with Crippen molar-refractivity contribution in [3.8, 4) is 0 Å². The number of esters is 4. The summed E-state index contributed by atoms with van der Waals surface area (Å²) in [6.45, 7) is 14.1. The number of phosphoric ester groups is 2. The standard InChI is InChI=1S/C70H136O17P2/c1-60(2)46-38-30-22-14-10-9-11-16-26-34-42-50-67(72)80-56-66(87-70(75)53-45-37-29-21-19-25-33-41-49-63(7)8)59-85-89(78,79)83-55-64(71)54-82-88(76,77)84-58-65(57-81-68(73)51-43-35-27-20-18-24-32-40-48-62(5)6)86-69(74)52-44-36-28-17-13-12-15-23-31-39-47-61(3)4/h60-66,71H,9-59H2,1-8H3,(H,76,77)(H,78,79)/t64?,65-,66-/m1/s1. The number of aliphatic hydroxyl groups is 1. The van der Waals surface area contributed by atoms with Crippen LogP contribution in [0.2, 0.25) is 0 Å². The molecule has 0 spiro atoms. The topological polar surface area (TPSA) is 237 Å². The van der Waals surface area contributed by atoms with Gasteiger partial charge in [0.2, 0.25) is 0 Å². The molecule has 0 radical (unpaired) electrons. The molecule has 0 aromatic heterocycles. The van der Waals surface area contributed by atoms with Gasteiger partial charge in [0, 0.05) is 25.7 Å². The van der Waals surface area contributed by atoms with Crippen molar-refractivity contribution in [2.45, 2.75) is 363 Å². The van der Waals surface area contributed by atoms with Crippen molar-refractivity contribution in [1.29, 1.82) is 0 Å². The van der Waals surface area contributed by atoms with Crippen molar-refractivity contribution in [2.24, 2.45) is 23.7 Å². The average Bonchev–Trinajstić information content (AvgIpc) is 3.68. The number of unbranched alkanes of at least 4 members (excludes halogenated alkanes) is 33. The third-order valence-electron chi connectivity index (χ3n) is 16.1. The molecule has 3 N–H and O–H groups in total. The van der Waals surface area contributed by atoms with Crippen LogP contribution in [0.3, 0.4) is 0 Å². The second kappa shape index (κ2) is 59.8. The summed E-state index contributed by atoms with van der Waals surface area (Å²) < 4.78 is 68.3. The molecule has 0 aliphatic rings. The molecule has 0 aromatic rings. The molecule has 0 heterocycles. The van der Waals surface area contributed by atoms with Gasteiger partial charge in [0.05, 0.1) is 26.4 Å². The Balaban J connectivity index is 5.25. The Kier molecular flexibility index (Phi) is 58.5. The lowest BCUT2D eigenvalue weighted by atomic mass is 10.0. The first-order valence-electron chi connectivity index (χ1n) is 36.2. The fraction of sp³-hybridized carbons (Fsp3) is 0.943. The van der Waals surface area contributed by atoms with E-state index in [1.807, 2.05) is 0 Å². The summed E-state index contributed by atoms with van der Waals surface area (Å²) >= 11 is 0. The number of hydrogen-bond donors (Lipinski definition) is 3. The van der Waals surface area contributed by atoms with Gasteiger partial charge in [0.15, 0.2) is 12.2 Å². The second-order valence-electron chi connectivity index (χ2n) is 27.2. The van der Waals surface area contributed by atoms with Gasteiger partial charge in [-0.25, -0.2) is 9.13 Å². The molecule has 0 bridgehead atoms. The number of carbonyl (C=O) groups is 4. The van der Waals surface area contributed by atoms with Gasteiger partial charge in [0.1, 0.15) is 19.3 Å². The summed E-state index contributed by atoms with van der Waals surface area (Å²) in [7, 11) is -9.90. The van der Waals surface area contributed by atoms with E-state index >= 15 is 0 Å². The molecule has 0 rings (SSSR count). The minimum absolute atomic E-state index is 0.104. The van der Waals surface area contributed by atoms with Gasteiger partial charge in [-0.15, -0.1) is 0 Å². The Morgan fingerprint density at radius 1 is 0.281 bits per heavy atom. The zero-order chi connectivity index (χ0) is 66.1. The minimum Gasteiger partial charge on any atom is -0.462 e. The average molecular weight is 1310 g/mol. The van der Waals surface area contributed by atoms with Crippen molar-refractivity contribution in [3.63, 3.8) is 0 Å². The lowest BCUT2D eigenvalue weighted by molar-refractivity contribution is -0.161. The molecule has 0 amide bonds. The van der Waals surface area contributed by atoms with Crippen LogP contribution in [-0.4, -0.2) is 96.7 Å². The first kappa shape index (κ1) is 87.1. The molecular formula is C70H136O17P2. The van der Waals surface area contributed by atoms with E-state index in [0.717, 1.165) is 114 Å². The predicted molar refractivity (Wildman–Crippen MR) is 358 cm³/mol. The van der Waals surface area contributed by atoms with E-state index in [1.165, 1.54) is 148 Å². The smallest absolute Gasteiger partial charge is 0.462 e. The van der Waals surface area contributed by atoms with Crippen molar-refractivity contribution >= 4 is 39.5 Å².